The van der Waals surface area contributed by atoms with Crippen molar-refractivity contribution in [2.45, 2.75) is 51.8 Å². The number of carbonyl (C=O) groups is 3. The lowest BCUT2D eigenvalue weighted by Gasteiger charge is -2.24. The summed E-state index contributed by atoms with van der Waals surface area (Å²) in [5, 5.41) is 5.17. The summed E-state index contributed by atoms with van der Waals surface area (Å²) in [5.41, 5.74) is 6.21. The molecular formula is C20H29N3O4. The van der Waals surface area contributed by atoms with Crippen LogP contribution in [0, 0.1) is 5.92 Å². The first-order valence-corrected chi connectivity index (χ1v) is 9.03. The first-order chi connectivity index (χ1) is 12.8. The molecule has 0 aromatic heterocycles. The zero-order valence-corrected chi connectivity index (χ0v) is 15.9. The van der Waals surface area contributed by atoms with Crippen LogP contribution in [0.15, 0.2) is 43.0 Å². The molecule has 0 aliphatic rings. The molecule has 7 heteroatoms. The standard InChI is InChI=1S/C20H29N3O4/c1-4-5-7-12-16(18(21)24)22-19(25)17(14(2)3)23-20(26)27-13-15-10-8-6-9-11-15/h4,6,8-11,14,16-17H,1,5,7,12-13H2,2-3H3,(H2,21,24)(H,22,25)(H,23,26)/t16-,17-/m0/s1. The average molecular weight is 375 g/mol. The van der Waals surface area contributed by atoms with Crippen molar-refractivity contribution in [2.75, 3.05) is 0 Å². The highest BCUT2D eigenvalue weighted by molar-refractivity contribution is 5.90. The number of primary amides is 1. The van der Waals surface area contributed by atoms with Gasteiger partial charge in [0.15, 0.2) is 0 Å². The van der Waals surface area contributed by atoms with Crippen LogP contribution in [-0.4, -0.2) is 30.0 Å². The van der Waals surface area contributed by atoms with Gasteiger partial charge in [-0.3, -0.25) is 9.59 Å². The molecule has 1 rings (SSSR count). The maximum Gasteiger partial charge on any atom is 0.408 e. The fourth-order valence-electron chi connectivity index (χ4n) is 2.44. The van der Waals surface area contributed by atoms with Crippen LogP contribution in [-0.2, 0) is 20.9 Å². The number of benzene rings is 1. The van der Waals surface area contributed by atoms with Crippen molar-refractivity contribution in [1.82, 2.24) is 10.6 Å². The Morgan fingerprint density at radius 3 is 2.41 bits per heavy atom. The van der Waals surface area contributed by atoms with E-state index in [1.165, 1.54) is 0 Å². The summed E-state index contributed by atoms with van der Waals surface area (Å²) in [6.45, 7) is 7.30. The van der Waals surface area contributed by atoms with Gasteiger partial charge in [0.1, 0.15) is 18.7 Å². The minimum absolute atomic E-state index is 0.102. The minimum Gasteiger partial charge on any atom is -0.445 e. The van der Waals surface area contributed by atoms with Gasteiger partial charge in [0, 0.05) is 0 Å². The van der Waals surface area contributed by atoms with E-state index in [1.807, 2.05) is 30.3 Å². The van der Waals surface area contributed by atoms with E-state index in [-0.39, 0.29) is 12.5 Å². The molecule has 0 aliphatic carbocycles. The Kier molecular flexibility index (Phi) is 9.64. The number of unbranched alkanes of at least 4 members (excludes halogenated alkanes) is 1. The molecule has 0 aliphatic heterocycles. The molecule has 0 heterocycles. The summed E-state index contributed by atoms with van der Waals surface area (Å²) < 4.78 is 5.16. The van der Waals surface area contributed by atoms with Crippen LogP contribution in [0.5, 0.6) is 0 Å². The molecule has 1 aromatic rings. The van der Waals surface area contributed by atoms with Crippen LogP contribution in [0.2, 0.25) is 0 Å². The minimum atomic E-state index is -0.838. The molecule has 2 atom stereocenters. The summed E-state index contributed by atoms with van der Waals surface area (Å²) in [6, 6.07) is 7.60. The van der Waals surface area contributed by atoms with E-state index < -0.39 is 30.0 Å². The predicted molar refractivity (Wildman–Crippen MR) is 104 cm³/mol. The van der Waals surface area contributed by atoms with Gasteiger partial charge in [-0.15, -0.1) is 6.58 Å². The fraction of sp³-hybridized carbons (Fsp3) is 0.450. The van der Waals surface area contributed by atoms with E-state index in [0.717, 1.165) is 12.0 Å². The zero-order chi connectivity index (χ0) is 20.2. The molecular weight excluding hydrogens is 346 g/mol. The Morgan fingerprint density at radius 1 is 1.19 bits per heavy atom. The summed E-state index contributed by atoms with van der Waals surface area (Å²) in [4.78, 5) is 36.2. The van der Waals surface area contributed by atoms with Crippen molar-refractivity contribution in [3.8, 4) is 0 Å². The normalized spacial score (nSPS) is 12.7. The molecule has 0 bridgehead atoms. The van der Waals surface area contributed by atoms with Gasteiger partial charge in [0.05, 0.1) is 0 Å². The van der Waals surface area contributed by atoms with Gasteiger partial charge < -0.3 is 21.1 Å². The Labute approximate surface area is 160 Å². The van der Waals surface area contributed by atoms with Crippen molar-refractivity contribution in [3.63, 3.8) is 0 Å². The SMILES string of the molecule is C=CCCC[C@H](NC(=O)[C@@H](NC(=O)OCc1ccccc1)C(C)C)C(N)=O. The number of hydrogen-bond donors (Lipinski definition) is 3. The van der Waals surface area contributed by atoms with Gasteiger partial charge in [-0.1, -0.05) is 50.3 Å². The van der Waals surface area contributed by atoms with Crippen molar-refractivity contribution in [3.05, 3.63) is 48.6 Å². The van der Waals surface area contributed by atoms with Crippen molar-refractivity contribution in [2.24, 2.45) is 11.7 Å². The largest absolute Gasteiger partial charge is 0.445 e. The highest BCUT2D eigenvalue weighted by atomic mass is 16.5. The molecule has 0 unspecified atom stereocenters. The molecule has 27 heavy (non-hydrogen) atoms. The molecule has 4 N–H and O–H groups in total. The first kappa shape index (κ1) is 22.2. The molecule has 1 aromatic carbocycles. The van der Waals surface area contributed by atoms with Gasteiger partial charge in [-0.2, -0.15) is 0 Å². The summed E-state index contributed by atoms with van der Waals surface area (Å²) in [5.74, 6) is -1.28. The molecule has 0 radical (unpaired) electrons. The molecule has 0 saturated carbocycles. The van der Waals surface area contributed by atoms with Crippen molar-refractivity contribution in [1.29, 1.82) is 0 Å². The third-order valence-corrected chi connectivity index (χ3v) is 4.00. The molecule has 148 valence electrons. The maximum absolute atomic E-state index is 12.5. The third kappa shape index (κ3) is 8.40. The van der Waals surface area contributed by atoms with E-state index in [4.69, 9.17) is 10.5 Å². The van der Waals surface area contributed by atoms with E-state index in [9.17, 15) is 14.4 Å². The molecule has 7 nitrogen and oxygen atoms in total. The van der Waals surface area contributed by atoms with Crippen molar-refractivity contribution < 1.29 is 19.1 Å². The lowest BCUT2D eigenvalue weighted by atomic mass is 10.0. The lowest BCUT2D eigenvalue weighted by Crippen LogP contribution is -2.54. The number of nitrogens with one attached hydrogen (secondary N) is 2. The van der Waals surface area contributed by atoms with Crippen LogP contribution >= 0.6 is 0 Å². The monoisotopic (exact) mass is 375 g/mol. The number of rotatable bonds is 11. The summed E-state index contributed by atoms with van der Waals surface area (Å²) in [7, 11) is 0. The van der Waals surface area contributed by atoms with Gasteiger partial charge in [-0.05, 0) is 30.7 Å². The highest BCUT2D eigenvalue weighted by Crippen LogP contribution is 2.07. The number of amides is 3. The Hall–Kier alpha value is -2.83. The second kappa shape index (κ2) is 11.7. The number of alkyl carbamates (subject to hydrolysis) is 1. The molecule has 3 amide bonds. The van der Waals surface area contributed by atoms with Crippen LogP contribution in [0.4, 0.5) is 4.79 Å². The van der Waals surface area contributed by atoms with Crippen LogP contribution in [0.3, 0.4) is 0 Å². The number of ether oxygens (including phenoxy) is 1. The third-order valence-electron chi connectivity index (χ3n) is 4.00. The van der Waals surface area contributed by atoms with Crippen LogP contribution in [0.25, 0.3) is 0 Å². The summed E-state index contributed by atoms with van der Waals surface area (Å²) >= 11 is 0. The number of nitrogens with two attached hydrogens (primary N) is 1. The Balaban J connectivity index is 2.61. The first-order valence-electron chi connectivity index (χ1n) is 9.03. The number of allylic oxidation sites excluding steroid dienone is 1. The van der Waals surface area contributed by atoms with E-state index >= 15 is 0 Å². The van der Waals surface area contributed by atoms with Crippen LogP contribution in [0.1, 0.15) is 38.7 Å². The van der Waals surface area contributed by atoms with Gasteiger partial charge >= 0.3 is 6.09 Å². The van der Waals surface area contributed by atoms with Gasteiger partial charge in [0.2, 0.25) is 11.8 Å². The second-order valence-electron chi connectivity index (χ2n) is 6.61. The number of carbonyl (C=O) groups excluding carboxylic acids is 3. The topological polar surface area (TPSA) is 111 Å². The zero-order valence-electron chi connectivity index (χ0n) is 15.9. The highest BCUT2D eigenvalue weighted by Gasteiger charge is 2.28. The van der Waals surface area contributed by atoms with Crippen molar-refractivity contribution >= 4 is 17.9 Å². The maximum atomic E-state index is 12.5. The second-order valence-corrected chi connectivity index (χ2v) is 6.61. The van der Waals surface area contributed by atoms with E-state index in [2.05, 4.69) is 17.2 Å². The molecule has 0 saturated heterocycles. The van der Waals surface area contributed by atoms with E-state index in [0.29, 0.717) is 12.8 Å². The fourth-order valence-corrected chi connectivity index (χ4v) is 2.44. The number of hydrogen-bond acceptors (Lipinski definition) is 4. The van der Waals surface area contributed by atoms with Gasteiger partial charge in [0.25, 0.3) is 0 Å². The quantitative estimate of drug-likeness (QED) is 0.407. The Bertz CT molecular complexity index is 631. The summed E-state index contributed by atoms with van der Waals surface area (Å²) in [6.07, 6.45) is 2.85. The predicted octanol–water partition coefficient (Wildman–Crippen LogP) is 2.26. The molecule has 0 fully saturated rings. The lowest BCUT2D eigenvalue weighted by molar-refractivity contribution is -0.129. The smallest absolute Gasteiger partial charge is 0.408 e. The van der Waals surface area contributed by atoms with Gasteiger partial charge in [-0.25, -0.2) is 4.79 Å². The Morgan fingerprint density at radius 2 is 1.85 bits per heavy atom. The molecule has 0 spiro atoms. The van der Waals surface area contributed by atoms with Crippen LogP contribution < -0.4 is 16.4 Å². The average Bonchev–Trinajstić information content (AvgIpc) is 2.64. The van der Waals surface area contributed by atoms with E-state index in [1.54, 1.807) is 19.9 Å².